The lowest BCUT2D eigenvalue weighted by Crippen LogP contribution is -2.64. The van der Waals surface area contributed by atoms with Gasteiger partial charge in [0.05, 0.1) is 0 Å². The van der Waals surface area contributed by atoms with Crippen molar-refractivity contribution in [3.05, 3.63) is 0 Å². The third-order valence-corrected chi connectivity index (χ3v) is 5.74. The summed E-state index contributed by atoms with van der Waals surface area (Å²) in [6.45, 7) is 9.64. The molecule has 1 aliphatic carbocycles. The highest BCUT2D eigenvalue weighted by Crippen LogP contribution is 2.29. The molecule has 0 aromatic rings. The van der Waals surface area contributed by atoms with Gasteiger partial charge in [-0.2, -0.15) is 0 Å². The van der Waals surface area contributed by atoms with E-state index in [1.165, 1.54) is 65.1 Å². The summed E-state index contributed by atoms with van der Waals surface area (Å²) in [7, 11) is 1.89. The van der Waals surface area contributed by atoms with Crippen molar-refractivity contribution in [2.75, 3.05) is 59.4 Å². The molecule has 4 saturated heterocycles. The standard InChI is InChI=1S/C16H30N6.HI/c1-17-16(19-13-4-5-22(11-13)14-2-3-14)18-10-15-12-20-6-8-21(15)9-7-20;/h13-15H,2-12H2,1H3,(H2,17,18,19);1H. The number of nitrogens with zero attached hydrogens (tertiary/aromatic N) is 4. The summed E-state index contributed by atoms with van der Waals surface area (Å²) < 4.78 is 0. The third kappa shape index (κ3) is 4.29. The van der Waals surface area contributed by atoms with Crippen molar-refractivity contribution >= 4 is 29.9 Å². The zero-order valence-electron chi connectivity index (χ0n) is 14.2. The van der Waals surface area contributed by atoms with Crippen LogP contribution in [0.15, 0.2) is 4.99 Å². The summed E-state index contributed by atoms with van der Waals surface area (Å²) in [5.74, 6) is 0.986. The minimum atomic E-state index is 0. The minimum Gasteiger partial charge on any atom is -0.355 e. The fourth-order valence-corrected chi connectivity index (χ4v) is 4.20. The third-order valence-electron chi connectivity index (χ3n) is 5.74. The average molecular weight is 434 g/mol. The van der Waals surface area contributed by atoms with Gasteiger partial charge in [-0.1, -0.05) is 0 Å². The Balaban J connectivity index is 0.00000156. The molecule has 0 radical (unpaired) electrons. The van der Waals surface area contributed by atoms with Gasteiger partial charge in [0.2, 0.25) is 0 Å². The number of aliphatic imine (C=N–C) groups is 1. The first-order valence-corrected chi connectivity index (χ1v) is 8.99. The van der Waals surface area contributed by atoms with Crippen LogP contribution in [0.5, 0.6) is 0 Å². The van der Waals surface area contributed by atoms with E-state index < -0.39 is 0 Å². The quantitative estimate of drug-likeness (QED) is 0.371. The second-order valence-electron chi connectivity index (χ2n) is 7.30. The van der Waals surface area contributed by atoms with Gasteiger partial charge in [0.1, 0.15) is 0 Å². The van der Waals surface area contributed by atoms with Crippen molar-refractivity contribution in [3.8, 4) is 0 Å². The Bertz CT molecular complexity index is 419. The number of hydrogen-bond acceptors (Lipinski definition) is 4. The van der Waals surface area contributed by atoms with Crippen molar-refractivity contribution in [2.45, 2.75) is 37.4 Å². The van der Waals surface area contributed by atoms with E-state index in [0.29, 0.717) is 12.1 Å². The molecule has 5 aliphatic rings. The number of likely N-dealkylation sites (tertiary alicyclic amines) is 1. The first-order chi connectivity index (χ1) is 10.8. The van der Waals surface area contributed by atoms with Gasteiger partial charge in [-0.15, -0.1) is 24.0 Å². The molecule has 7 heteroatoms. The van der Waals surface area contributed by atoms with Crippen LogP contribution in [0.25, 0.3) is 0 Å². The van der Waals surface area contributed by atoms with Crippen molar-refractivity contribution < 1.29 is 0 Å². The lowest BCUT2D eigenvalue weighted by Gasteiger charge is -2.47. The first-order valence-electron chi connectivity index (χ1n) is 8.99. The van der Waals surface area contributed by atoms with Crippen LogP contribution in [0, 0.1) is 0 Å². The minimum absolute atomic E-state index is 0. The molecule has 1 saturated carbocycles. The van der Waals surface area contributed by atoms with Gasteiger partial charge in [0.25, 0.3) is 0 Å². The van der Waals surface area contributed by atoms with Gasteiger partial charge in [0.15, 0.2) is 5.96 Å². The van der Waals surface area contributed by atoms with E-state index >= 15 is 0 Å². The zero-order chi connectivity index (χ0) is 14.9. The molecule has 5 rings (SSSR count). The van der Waals surface area contributed by atoms with E-state index in [0.717, 1.165) is 18.5 Å². The molecule has 5 fully saturated rings. The summed E-state index contributed by atoms with van der Waals surface area (Å²) in [4.78, 5) is 12.3. The van der Waals surface area contributed by atoms with Crippen molar-refractivity contribution in [2.24, 2.45) is 4.99 Å². The summed E-state index contributed by atoms with van der Waals surface area (Å²) in [5.41, 5.74) is 0. The van der Waals surface area contributed by atoms with E-state index in [2.05, 4.69) is 30.3 Å². The molecule has 0 aromatic heterocycles. The molecule has 4 heterocycles. The molecule has 0 aromatic carbocycles. The van der Waals surface area contributed by atoms with Gasteiger partial charge in [-0.3, -0.25) is 19.7 Å². The fourth-order valence-electron chi connectivity index (χ4n) is 4.20. The molecule has 132 valence electrons. The van der Waals surface area contributed by atoms with Gasteiger partial charge >= 0.3 is 0 Å². The Labute approximate surface area is 157 Å². The van der Waals surface area contributed by atoms with Crippen molar-refractivity contribution in [1.29, 1.82) is 0 Å². The molecule has 6 nitrogen and oxygen atoms in total. The molecule has 2 atom stereocenters. The summed E-state index contributed by atoms with van der Waals surface area (Å²) in [6, 6.07) is 2.10. The van der Waals surface area contributed by atoms with Crippen LogP contribution in [0.2, 0.25) is 0 Å². The highest BCUT2D eigenvalue weighted by molar-refractivity contribution is 14.0. The average Bonchev–Trinajstić information content (AvgIpc) is 3.32. The lowest BCUT2D eigenvalue weighted by molar-refractivity contribution is 0.0154. The predicted molar refractivity (Wildman–Crippen MR) is 105 cm³/mol. The first kappa shape index (κ1) is 17.7. The van der Waals surface area contributed by atoms with Crippen LogP contribution >= 0.6 is 24.0 Å². The van der Waals surface area contributed by atoms with E-state index in [1.54, 1.807) is 0 Å². The lowest BCUT2D eigenvalue weighted by atomic mass is 10.1. The van der Waals surface area contributed by atoms with E-state index in [-0.39, 0.29) is 24.0 Å². The van der Waals surface area contributed by atoms with Crippen molar-refractivity contribution in [1.82, 2.24) is 25.3 Å². The predicted octanol–water partition coefficient (Wildman–Crippen LogP) is 0.00590. The number of nitrogens with one attached hydrogen (secondary N) is 2. The number of piperazine rings is 3. The molecule has 4 aliphatic heterocycles. The molecular formula is C16H31IN6. The normalized spacial score (nSPS) is 37.5. The smallest absolute Gasteiger partial charge is 0.191 e. The van der Waals surface area contributed by atoms with E-state index in [1.807, 2.05) is 7.05 Å². The SMILES string of the molecule is CN=C(NCC1CN2CCN1CC2)NC1CCN(C2CC2)C1.I. The Hall–Kier alpha value is -0.120. The van der Waals surface area contributed by atoms with Crippen LogP contribution in [0.4, 0.5) is 0 Å². The van der Waals surface area contributed by atoms with Crippen LogP contribution in [-0.2, 0) is 0 Å². The summed E-state index contributed by atoms with van der Waals surface area (Å²) in [6.07, 6.45) is 4.07. The van der Waals surface area contributed by atoms with Crippen LogP contribution in [-0.4, -0.2) is 98.2 Å². The number of guanidine groups is 1. The topological polar surface area (TPSA) is 46.1 Å². The van der Waals surface area contributed by atoms with Crippen LogP contribution in [0.3, 0.4) is 0 Å². The maximum atomic E-state index is 4.43. The van der Waals surface area contributed by atoms with E-state index in [4.69, 9.17) is 0 Å². The largest absolute Gasteiger partial charge is 0.355 e. The molecular weight excluding hydrogens is 403 g/mol. The Morgan fingerprint density at radius 2 is 1.78 bits per heavy atom. The van der Waals surface area contributed by atoms with Crippen LogP contribution < -0.4 is 10.6 Å². The number of hydrogen-bond donors (Lipinski definition) is 2. The summed E-state index contributed by atoms with van der Waals surface area (Å²) in [5, 5.41) is 7.19. The highest BCUT2D eigenvalue weighted by atomic mass is 127. The number of halogens is 1. The zero-order valence-corrected chi connectivity index (χ0v) is 16.5. The molecule has 2 N–H and O–H groups in total. The van der Waals surface area contributed by atoms with Gasteiger partial charge in [0, 0.05) is 77.5 Å². The highest BCUT2D eigenvalue weighted by Gasteiger charge is 2.35. The molecule has 0 spiro atoms. The Morgan fingerprint density at radius 3 is 2.39 bits per heavy atom. The molecule has 23 heavy (non-hydrogen) atoms. The molecule has 2 bridgehead atoms. The maximum Gasteiger partial charge on any atom is 0.191 e. The van der Waals surface area contributed by atoms with Gasteiger partial charge in [-0.25, -0.2) is 0 Å². The monoisotopic (exact) mass is 434 g/mol. The second-order valence-corrected chi connectivity index (χ2v) is 7.30. The summed E-state index contributed by atoms with van der Waals surface area (Å²) >= 11 is 0. The Morgan fingerprint density at radius 1 is 1.00 bits per heavy atom. The van der Waals surface area contributed by atoms with Crippen LogP contribution in [0.1, 0.15) is 19.3 Å². The number of rotatable bonds is 4. The van der Waals surface area contributed by atoms with E-state index in [9.17, 15) is 0 Å². The molecule has 0 amide bonds. The Kier molecular flexibility index (Phi) is 6.03. The second kappa shape index (κ2) is 7.84. The van der Waals surface area contributed by atoms with Crippen molar-refractivity contribution in [3.63, 3.8) is 0 Å². The van der Waals surface area contributed by atoms with Gasteiger partial charge in [-0.05, 0) is 19.3 Å². The van der Waals surface area contributed by atoms with Gasteiger partial charge < -0.3 is 10.6 Å². The number of fused-ring (bicyclic) bond motifs is 3. The molecule has 2 unspecified atom stereocenters. The maximum absolute atomic E-state index is 4.43. The fraction of sp³-hybridized carbons (Fsp3) is 0.938.